The maximum Gasteiger partial charge on any atom is 0.266 e. The molecule has 1 rings (SSSR count). The van der Waals surface area contributed by atoms with Crippen LogP contribution in [-0.4, -0.2) is 7.55 Å². The standard InChI is InChI=1S/C6H12.CCl4.CHCl3/c1-2-4-6-5-3-1;2-1(3,4)5;2-1(3)4/h1-6H2;;1H. The molecule has 1 aliphatic carbocycles. The van der Waals surface area contributed by atoms with Gasteiger partial charge in [0.05, 0.1) is 0 Å². The molecular formula is C8H13Cl7. The Labute approximate surface area is 126 Å². The highest BCUT2D eigenvalue weighted by atomic mass is 35.6. The molecule has 0 aliphatic heterocycles. The Morgan fingerprint density at radius 2 is 0.667 bits per heavy atom. The third kappa shape index (κ3) is 48.9. The largest absolute Gasteiger partial charge is 0.266 e. The van der Waals surface area contributed by atoms with Crippen LogP contribution in [0.4, 0.5) is 0 Å². The highest BCUT2D eigenvalue weighted by Crippen LogP contribution is 2.29. The molecule has 0 nitrogen and oxygen atoms in total. The van der Waals surface area contributed by atoms with Crippen molar-refractivity contribution in [3.05, 3.63) is 0 Å². The summed E-state index contributed by atoms with van der Waals surface area (Å²) in [6.07, 6.45) is 9.00. The van der Waals surface area contributed by atoms with Gasteiger partial charge in [0.15, 0.2) is 4.30 Å². The average molecular weight is 357 g/mol. The fourth-order valence-electron chi connectivity index (χ4n) is 1.06. The van der Waals surface area contributed by atoms with E-state index in [2.05, 4.69) is 0 Å². The minimum absolute atomic E-state index is 0.750. The molecule has 0 bridgehead atoms. The van der Waals surface area contributed by atoms with Gasteiger partial charge in [0.1, 0.15) is 0 Å². The molecule has 0 unspecified atom stereocenters. The fourth-order valence-corrected chi connectivity index (χ4v) is 1.06. The molecule has 0 atom stereocenters. The maximum atomic E-state index is 4.83. The van der Waals surface area contributed by atoms with Crippen LogP contribution in [-0.2, 0) is 0 Å². The Kier molecular flexibility index (Phi) is 16.1. The van der Waals surface area contributed by atoms with Crippen LogP contribution in [0.25, 0.3) is 0 Å². The van der Waals surface area contributed by atoms with E-state index in [0.29, 0.717) is 0 Å². The average Bonchev–Trinajstić information content (AvgIpc) is 2.03. The zero-order valence-corrected chi connectivity index (χ0v) is 13.3. The van der Waals surface area contributed by atoms with Crippen molar-refractivity contribution in [3.8, 4) is 0 Å². The normalized spacial score (nSPS) is 16.0. The van der Waals surface area contributed by atoms with E-state index in [0.717, 1.165) is 0 Å². The molecule has 0 heterocycles. The predicted molar refractivity (Wildman–Crippen MR) is 75.2 cm³/mol. The molecular weight excluding hydrogens is 344 g/mol. The van der Waals surface area contributed by atoms with Crippen molar-refractivity contribution in [2.75, 3.05) is 0 Å². The summed E-state index contributed by atoms with van der Waals surface area (Å²) in [5.41, 5.74) is 0. The summed E-state index contributed by atoms with van der Waals surface area (Å²) in [6.45, 7) is 0. The van der Waals surface area contributed by atoms with E-state index in [1.54, 1.807) is 0 Å². The highest BCUT2D eigenvalue weighted by Gasteiger charge is 2.11. The Morgan fingerprint density at radius 1 is 0.600 bits per heavy atom. The summed E-state index contributed by atoms with van der Waals surface area (Å²) < 4.78 is -2.36. The monoisotopic (exact) mass is 354 g/mol. The van der Waals surface area contributed by atoms with Crippen molar-refractivity contribution >= 4 is 81.2 Å². The molecule has 0 spiro atoms. The predicted octanol–water partition coefficient (Wildman–Crippen LogP) is 6.88. The summed E-state index contributed by atoms with van der Waals surface area (Å²) in [4.78, 5) is 0. The number of alkyl halides is 7. The van der Waals surface area contributed by atoms with Crippen LogP contribution in [0.15, 0.2) is 0 Å². The van der Waals surface area contributed by atoms with E-state index < -0.39 is 7.55 Å². The van der Waals surface area contributed by atoms with Crippen LogP contribution in [0.3, 0.4) is 0 Å². The Morgan fingerprint density at radius 3 is 0.733 bits per heavy atom. The van der Waals surface area contributed by atoms with E-state index in [9.17, 15) is 0 Å². The molecule has 0 amide bonds. The first-order chi connectivity index (χ1) is 6.73. The molecule has 0 N–H and O–H groups in total. The van der Waals surface area contributed by atoms with E-state index in [1.807, 2.05) is 0 Å². The molecule has 0 aromatic heterocycles. The van der Waals surface area contributed by atoms with E-state index in [-0.39, 0.29) is 0 Å². The lowest BCUT2D eigenvalue weighted by Gasteiger charge is -2.05. The second-order valence-corrected chi connectivity index (χ2v) is 8.21. The van der Waals surface area contributed by atoms with Gasteiger partial charge in [-0.1, -0.05) is 120 Å². The van der Waals surface area contributed by atoms with Crippen LogP contribution in [0.1, 0.15) is 38.5 Å². The second-order valence-electron chi connectivity index (χ2n) is 2.80. The molecule has 0 saturated heterocycles. The SMILES string of the molecule is C1CCCCC1.ClC(Cl)(Cl)Cl.ClC(Cl)Cl. The van der Waals surface area contributed by atoms with Gasteiger partial charge in [0.2, 0.25) is 0 Å². The summed E-state index contributed by atoms with van der Waals surface area (Å²) in [5, 5.41) is 0. The van der Waals surface area contributed by atoms with Gasteiger partial charge in [0, 0.05) is 0 Å². The summed E-state index contributed by atoms with van der Waals surface area (Å²) in [6, 6.07) is 0. The molecule has 0 radical (unpaired) electrons. The van der Waals surface area contributed by atoms with Crippen LogP contribution in [0.2, 0.25) is 0 Å². The van der Waals surface area contributed by atoms with E-state index in [1.165, 1.54) is 38.5 Å². The third-order valence-corrected chi connectivity index (χ3v) is 1.50. The Bertz CT molecular complexity index is 96.4. The lowest BCUT2D eigenvalue weighted by atomic mass is 10.0. The molecule has 0 aromatic rings. The van der Waals surface area contributed by atoms with Crippen molar-refractivity contribution in [1.29, 1.82) is 0 Å². The zero-order chi connectivity index (χ0) is 12.3. The van der Waals surface area contributed by atoms with Crippen LogP contribution < -0.4 is 0 Å². The molecule has 1 fully saturated rings. The van der Waals surface area contributed by atoms with E-state index >= 15 is 0 Å². The van der Waals surface area contributed by atoms with E-state index in [4.69, 9.17) is 81.2 Å². The summed E-state index contributed by atoms with van der Waals surface area (Å²) >= 11 is 33.7. The van der Waals surface area contributed by atoms with Crippen molar-refractivity contribution < 1.29 is 0 Å². The fraction of sp³-hybridized carbons (Fsp3) is 1.00. The molecule has 15 heavy (non-hydrogen) atoms. The van der Waals surface area contributed by atoms with Gasteiger partial charge in [-0.3, -0.25) is 0 Å². The van der Waals surface area contributed by atoms with Crippen molar-refractivity contribution in [2.45, 2.75) is 46.1 Å². The maximum absolute atomic E-state index is 4.83. The number of rotatable bonds is 0. The van der Waals surface area contributed by atoms with Gasteiger partial charge in [-0.05, 0) is 0 Å². The first-order valence-corrected chi connectivity index (χ1v) is 7.23. The van der Waals surface area contributed by atoms with Crippen LogP contribution >= 0.6 is 81.2 Å². The first-order valence-electron chi connectivity index (χ1n) is 4.41. The van der Waals surface area contributed by atoms with Crippen molar-refractivity contribution in [2.24, 2.45) is 0 Å². The molecule has 1 aliphatic rings. The first kappa shape index (κ1) is 19.4. The molecule has 7 heteroatoms. The smallest absolute Gasteiger partial charge is 0.0874 e. The molecule has 1 saturated carbocycles. The number of hydrogen-bond donors (Lipinski definition) is 0. The van der Waals surface area contributed by atoms with Crippen molar-refractivity contribution in [1.82, 2.24) is 0 Å². The summed E-state index contributed by atoms with van der Waals surface area (Å²) in [7, 11) is 0. The second kappa shape index (κ2) is 12.5. The summed E-state index contributed by atoms with van der Waals surface area (Å²) in [5.74, 6) is 0. The van der Waals surface area contributed by atoms with Gasteiger partial charge in [0.25, 0.3) is 3.25 Å². The number of halogens is 7. The molecule has 94 valence electrons. The van der Waals surface area contributed by atoms with Crippen molar-refractivity contribution in [3.63, 3.8) is 0 Å². The molecule has 0 aromatic carbocycles. The minimum atomic E-state index is -1.61. The van der Waals surface area contributed by atoms with Gasteiger partial charge in [-0.2, -0.15) is 0 Å². The number of hydrogen-bond acceptors (Lipinski definition) is 0. The topological polar surface area (TPSA) is 0 Å². The van der Waals surface area contributed by atoms with Gasteiger partial charge in [-0.15, -0.1) is 0 Å². The quantitative estimate of drug-likeness (QED) is 0.415. The van der Waals surface area contributed by atoms with Gasteiger partial charge >= 0.3 is 0 Å². The highest BCUT2D eigenvalue weighted by molar-refractivity contribution is 6.83. The zero-order valence-electron chi connectivity index (χ0n) is 7.97. The lowest BCUT2D eigenvalue weighted by Crippen LogP contribution is -1.85. The van der Waals surface area contributed by atoms with Crippen LogP contribution in [0.5, 0.6) is 0 Å². The minimum Gasteiger partial charge on any atom is -0.0874 e. The van der Waals surface area contributed by atoms with Crippen LogP contribution in [0, 0.1) is 0 Å². The van der Waals surface area contributed by atoms with Gasteiger partial charge in [-0.25, -0.2) is 0 Å². The Balaban J connectivity index is 0. The van der Waals surface area contributed by atoms with Gasteiger partial charge < -0.3 is 0 Å². The lowest BCUT2D eigenvalue weighted by molar-refractivity contribution is 0.504. The third-order valence-electron chi connectivity index (χ3n) is 1.50. The Hall–Kier alpha value is 2.03.